The summed E-state index contributed by atoms with van der Waals surface area (Å²) in [6.07, 6.45) is 1.28. The maximum absolute atomic E-state index is 12.7. The molecule has 0 radical (unpaired) electrons. The summed E-state index contributed by atoms with van der Waals surface area (Å²) in [5.41, 5.74) is 0.936. The van der Waals surface area contributed by atoms with E-state index >= 15 is 0 Å². The number of thioether (sulfide) groups is 1. The minimum Gasteiger partial charge on any atom is -0.307 e. The molecule has 0 aromatic carbocycles. The van der Waals surface area contributed by atoms with Gasteiger partial charge in [0.05, 0.1) is 17.9 Å². The Balaban J connectivity index is 2.16. The Kier molecular flexibility index (Phi) is 3.03. The van der Waals surface area contributed by atoms with E-state index < -0.39 is 0 Å². The van der Waals surface area contributed by atoms with Crippen molar-refractivity contribution in [2.24, 2.45) is 0 Å². The molecule has 2 heterocycles. The van der Waals surface area contributed by atoms with Gasteiger partial charge in [0.25, 0.3) is 0 Å². The predicted molar refractivity (Wildman–Crippen MR) is 56.9 cm³/mol. The number of rotatable bonds is 1. The molecule has 0 saturated carbocycles. The Morgan fingerprint density at radius 2 is 2.43 bits per heavy atom. The number of aromatic nitrogens is 1. The Hall–Kier alpha value is -0.610. The maximum atomic E-state index is 12.7. The highest BCUT2D eigenvalue weighted by Crippen LogP contribution is 2.28. The van der Waals surface area contributed by atoms with Crippen molar-refractivity contribution in [3.63, 3.8) is 0 Å². The Morgan fingerprint density at radius 1 is 1.57 bits per heavy atom. The quantitative estimate of drug-likeness (QED) is 0.770. The van der Waals surface area contributed by atoms with E-state index in [0.29, 0.717) is 5.25 Å². The van der Waals surface area contributed by atoms with E-state index in [1.807, 2.05) is 11.8 Å². The average Bonchev–Trinajstić information content (AvgIpc) is 2.20. The van der Waals surface area contributed by atoms with Gasteiger partial charge in [-0.05, 0) is 12.1 Å². The number of hydrogen-bond donors (Lipinski definition) is 1. The van der Waals surface area contributed by atoms with Crippen molar-refractivity contribution in [1.29, 1.82) is 0 Å². The molecule has 1 aromatic heterocycles. The minimum absolute atomic E-state index is 0.259. The normalized spacial score (nSPS) is 27.6. The van der Waals surface area contributed by atoms with Crippen molar-refractivity contribution >= 4 is 11.8 Å². The highest BCUT2D eigenvalue weighted by atomic mass is 32.2. The van der Waals surface area contributed by atoms with Crippen LogP contribution in [0.4, 0.5) is 4.39 Å². The van der Waals surface area contributed by atoms with Gasteiger partial charge in [-0.3, -0.25) is 4.98 Å². The van der Waals surface area contributed by atoms with Gasteiger partial charge in [0.15, 0.2) is 0 Å². The first-order valence-corrected chi connectivity index (χ1v) is 5.78. The molecule has 4 heteroatoms. The molecule has 1 aliphatic heterocycles. The molecule has 2 atom stereocenters. The summed E-state index contributed by atoms with van der Waals surface area (Å²) in [6, 6.07) is 3.49. The molecule has 0 spiro atoms. The molecular formula is C10H13FN2S. The van der Waals surface area contributed by atoms with Crippen LogP contribution in [-0.2, 0) is 0 Å². The lowest BCUT2D eigenvalue weighted by Gasteiger charge is -2.29. The number of hydrogen-bond acceptors (Lipinski definition) is 3. The molecule has 0 aliphatic carbocycles. The lowest BCUT2D eigenvalue weighted by atomic mass is 10.1. The third-order valence-corrected chi connectivity index (χ3v) is 3.62. The minimum atomic E-state index is -0.273. The zero-order valence-corrected chi connectivity index (χ0v) is 8.85. The van der Waals surface area contributed by atoms with Crippen molar-refractivity contribution in [2.75, 3.05) is 12.3 Å². The van der Waals surface area contributed by atoms with Crippen LogP contribution in [0.5, 0.6) is 0 Å². The van der Waals surface area contributed by atoms with Crippen molar-refractivity contribution in [1.82, 2.24) is 10.3 Å². The van der Waals surface area contributed by atoms with Crippen LogP contribution in [0.2, 0.25) is 0 Å². The fraction of sp³-hybridized carbons (Fsp3) is 0.500. The molecule has 76 valence electrons. The summed E-state index contributed by atoms with van der Waals surface area (Å²) in [5.74, 6) is 0.864. The monoisotopic (exact) mass is 212 g/mol. The van der Waals surface area contributed by atoms with Crippen LogP contribution < -0.4 is 5.32 Å². The molecule has 0 amide bonds. The molecule has 2 unspecified atom stereocenters. The van der Waals surface area contributed by atoms with E-state index in [9.17, 15) is 4.39 Å². The SMILES string of the molecule is CC1SCCNC1c1ccc(F)cn1. The van der Waals surface area contributed by atoms with Crippen molar-refractivity contribution in [2.45, 2.75) is 18.2 Å². The topological polar surface area (TPSA) is 24.9 Å². The zero-order valence-electron chi connectivity index (χ0n) is 8.03. The van der Waals surface area contributed by atoms with Crippen molar-refractivity contribution in [3.8, 4) is 0 Å². The summed E-state index contributed by atoms with van der Waals surface area (Å²) in [4.78, 5) is 4.10. The van der Waals surface area contributed by atoms with Crippen LogP contribution in [0.25, 0.3) is 0 Å². The van der Waals surface area contributed by atoms with E-state index in [0.717, 1.165) is 18.0 Å². The van der Waals surface area contributed by atoms with Crippen LogP contribution in [0.15, 0.2) is 18.3 Å². The maximum Gasteiger partial charge on any atom is 0.141 e. The summed E-state index contributed by atoms with van der Waals surface area (Å²) < 4.78 is 12.7. The molecule has 1 N–H and O–H groups in total. The summed E-state index contributed by atoms with van der Waals surface area (Å²) in [5, 5.41) is 3.90. The van der Waals surface area contributed by atoms with Gasteiger partial charge in [0.2, 0.25) is 0 Å². The van der Waals surface area contributed by atoms with Crippen LogP contribution in [0, 0.1) is 5.82 Å². The zero-order chi connectivity index (χ0) is 9.97. The highest BCUT2D eigenvalue weighted by Gasteiger charge is 2.23. The number of nitrogens with zero attached hydrogens (tertiary/aromatic N) is 1. The second-order valence-corrected chi connectivity index (χ2v) is 4.89. The van der Waals surface area contributed by atoms with Gasteiger partial charge in [0, 0.05) is 17.5 Å². The third-order valence-electron chi connectivity index (χ3n) is 2.39. The molecule has 1 aromatic rings. The van der Waals surface area contributed by atoms with E-state index in [1.54, 1.807) is 6.07 Å². The van der Waals surface area contributed by atoms with Gasteiger partial charge in [-0.1, -0.05) is 6.92 Å². The van der Waals surface area contributed by atoms with Crippen LogP contribution in [0.1, 0.15) is 18.7 Å². The van der Waals surface area contributed by atoms with Crippen molar-refractivity contribution < 1.29 is 4.39 Å². The lowest BCUT2D eigenvalue weighted by molar-refractivity contribution is 0.518. The summed E-state index contributed by atoms with van der Waals surface area (Å²) in [6.45, 7) is 3.17. The van der Waals surface area contributed by atoms with Crippen LogP contribution >= 0.6 is 11.8 Å². The second kappa shape index (κ2) is 4.28. The largest absolute Gasteiger partial charge is 0.307 e. The van der Waals surface area contributed by atoms with Gasteiger partial charge < -0.3 is 5.32 Å². The predicted octanol–water partition coefficient (Wildman–Crippen LogP) is 1.99. The molecule has 2 rings (SSSR count). The first-order valence-electron chi connectivity index (χ1n) is 4.74. The van der Waals surface area contributed by atoms with E-state index in [4.69, 9.17) is 0 Å². The Bertz CT molecular complexity index is 301. The third kappa shape index (κ3) is 2.07. The molecule has 1 aliphatic rings. The number of halogens is 1. The van der Waals surface area contributed by atoms with E-state index in [1.165, 1.54) is 12.3 Å². The lowest BCUT2D eigenvalue weighted by Crippen LogP contribution is -2.35. The molecule has 2 nitrogen and oxygen atoms in total. The van der Waals surface area contributed by atoms with Gasteiger partial charge in [-0.2, -0.15) is 11.8 Å². The molecule has 1 saturated heterocycles. The highest BCUT2D eigenvalue weighted by molar-refractivity contribution is 8.00. The van der Waals surface area contributed by atoms with E-state index in [-0.39, 0.29) is 11.9 Å². The van der Waals surface area contributed by atoms with Gasteiger partial charge >= 0.3 is 0 Å². The first-order chi connectivity index (χ1) is 6.77. The summed E-state index contributed by atoms with van der Waals surface area (Å²) in [7, 11) is 0. The Morgan fingerprint density at radius 3 is 3.07 bits per heavy atom. The fourth-order valence-corrected chi connectivity index (χ4v) is 2.67. The van der Waals surface area contributed by atoms with Crippen molar-refractivity contribution in [3.05, 3.63) is 29.8 Å². The van der Waals surface area contributed by atoms with Crippen LogP contribution in [0.3, 0.4) is 0 Å². The molecular weight excluding hydrogens is 199 g/mol. The average molecular weight is 212 g/mol. The van der Waals surface area contributed by atoms with Gasteiger partial charge in [-0.15, -0.1) is 0 Å². The van der Waals surface area contributed by atoms with E-state index in [2.05, 4.69) is 17.2 Å². The van der Waals surface area contributed by atoms with Crippen LogP contribution in [-0.4, -0.2) is 22.5 Å². The number of pyridine rings is 1. The first kappa shape index (κ1) is 9.93. The number of nitrogens with one attached hydrogen (secondary N) is 1. The molecule has 14 heavy (non-hydrogen) atoms. The molecule has 0 bridgehead atoms. The van der Waals surface area contributed by atoms with Gasteiger partial charge in [-0.25, -0.2) is 4.39 Å². The molecule has 1 fully saturated rings. The summed E-state index contributed by atoms with van der Waals surface area (Å²) >= 11 is 1.93. The Labute approximate surface area is 87.3 Å². The standard InChI is InChI=1S/C10H13FN2S/c1-7-10(12-4-5-14-7)9-3-2-8(11)6-13-9/h2-3,6-7,10,12H,4-5H2,1H3. The second-order valence-electron chi connectivity index (χ2n) is 3.41. The fourth-order valence-electron chi connectivity index (χ4n) is 1.64. The smallest absolute Gasteiger partial charge is 0.141 e. The van der Waals surface area contributed by atoms with Gasteiger partial charge in [0.1, 0.15) is 5.82 Å².